The van der Waals surface area contributed by atoms with Gasteiger partial charge < -0.3 is 10.0 Å². The van der Waals surface area contributed by atoms with E-state index >= 15 is 0 Å². The van der Waals surface area contributed by atoms with E-state index in [4.69, 9.17) is 16.5 Å². The number of aromatic nitrogens is 2. The molecule has 2 aromatic heterocycles. The van der Waals surface area contributed by atoms with Gasteiger partial charge in [-0.3, -0.25) is 4.98 Å². The molecule has 0 amide bonds. The molecule has 0 saturated carbocycles. The molecule has 0 bridgehead atoms. The third-order valence-electron chi connectivity index (χ3n) is 8.90. The fourth-order valence-electron chi connectivity index (χ4n) is 6.36. The van der Waals surface area contributed by atoms with Crippen molar-refractivity contribution in [3.8, 4) is 28.1 Å². The Morgan fingerprint density at radius 2 is 1.63 bits per heavy atom. The van der Waals surface area contributed by atoms with Crippen molar-refractivity contribution in [2.75, 3.05) is 4.90 Å². The number of nitrogens with zero attached hydrogens (tertiary/aromatic N) is 4. The molecule has 230 valence electrons. The summed E-state index contributed by atoms with van der Waals surface area (Å²) in [6, 6.07) is 35.9. The van der Waals surface area contributed by atoms with Gasteiger partial charge in [0.2, 0.25) is 0 Å². The number of benzene rings is 4. The van der Waals surface area contributed by atoms with Crippen molar-refractivity contribution in [1.29, 1.82) is 0 Å². The van der Waals surface area contributed by atoms with Crippen molar-refractivity contribution in [3.05, 3.63) is 137 Å². The molecule has 0 spiro atoms. The smallest absolute Gasteiger partial charge is 0.189 e. The van der Waals surface area contributed by atoms with Gasteiger partial charge in [-0.2, -0.15) is 0 Å². The van der Waals surface area contributed by atoms with Crippen molar-refractivity contribution >= 4 is 33.8 Å². The molecule has 0 aliphatic carbocycles. The van der Waals surface area contributed by atoms with Crippen LogP contribution in [0.1, 0.15) is 51.3 Å². The zero-order chi connectivity index (χ0) is 31.5. The molecule has 0 atom stereocenters. The topological polar surface area (TPSA) is 53.6 Å². The number of anilines is 3. The van der Waals surface area contributed by atoms with E-state index < -0.39 is 0 Å². The van der Waals surface area contributed by atoms with Crippen LogP contribution in [0, 0.1) is 12.6 Å². The van der Waals surface area contributed by atoms with Crippen molar-refractivity contribution in [1.82, 2.24) is 9.97 Å². The van der Waals surface area contributed by atoms with Crippen LogP contribution < -0.4 is 4.90 Å². The Hall–Kier alpha value is -4.78. The Labute approximate surface area is 284 Å². The van der Waals surface area contributed by atoms with Gasteiger partial charge in [-0.25, -0.2) is 9.83 Å². The average Bonchev–Trinajstić information content (AvgIpc) is 3.04. The number of phenolic OH excluding ortho intramolecular Hbond substituents is 1. The van der Waals surface area contributed by atoms with Gasteiger partial charge >= 0.3 is 0 Å². The number of hydrogen-bond donors (Lipinski definition) is 1. The Morgan fingerprint density at radius 1 is 0.870 bits per heavy atom. The van der Waals surface area contributed by atoms with Crippen LogP contribution in [0.2, 0.25) is 0 Å². The second-order valence-electron chi connectivity index (χ2n) is 13.1. The minimum Gasteiger partial charge on any atom is -0.506 e. The number of phenols is 1. The minimum atomic E-state index is -0.335. The van der Waals surface area contributed by atoms with E-state index in [9.17, 15) is 5.11 Å². The van der Waals surface area contributed by atoms with Crippen molar-refractivity contribution in [2.24, 2.45) is 0 Å². The van der Waals surface area contributed by atoms with Crippen LogP contribution in [-0.2, 0) is 31.9 Å². The molecule has 0 fully saturated rings. The number of rotatable bonds is 3. The van der Waals surface area contributed by atoms with E-state index in [1.54, 1.807) is 12.3 Å². The van der Waals surface area contributed by atoms with Gasteiger partial charge in [0.05, 0.1) is 6.57 Å². The molecule has 1 aliphatic rings. The second kappa shape index (κ2) is 11.5. The Bertz CT molecular complexity index is 2140. The largest absolute Gasteiger partial charge is 0.506 e. The summed E-state index contributed by atoms with van der Waals surface area (Å²) in [5, 5.41) is 11.8. The summed E-state index contributed by atoms with van der Waals surface area (Å²) in [4.78, 5) is 15.5. The normalized spacial score (nSPS) is 13.3. The maximum Gasteiger partial charge on any atom is 0.189 e. The molecule has 1 aliphatic heterocycles. The Balaban J connectivity index is 0.00000372. The third-order valence-corrected chi connectivity index (χ3v) is 8.90. The summed E-state index contributed by atoms with van der Waals surface area (Å²) in [5.41, 5.74) is 9.73. The number of fused-ring (bicyclic) bond motifs is 3. The fourth-order valence-corrected chi connectivity index (χ4v) is 6.36. The van der Waals surface area contributed by atoms with E-state index in [-0.39, 0.29) is 37.6 Å². The summed E-state index contributed by atoms with van der Waals surface area (Å²) in [6.07, 6.45) is 1.78. The molecule has 0 radical (unpaired) electrons. The number of hydrogen-bond acceptors (Lipinski definition) is 4. The van der Waals surface area contributed by atoms with Crippen LogP contribution in [-0.4, -0.2) is 15.1 Å². The summed E-state index contributed by atoms with van der Waals surface area (Å²) in [6.45, 7) is 18.7. The average molecular weight is 781 g/mol. The minimum absolute atomic E-state index is 0. The van der Waals surface area contributed by atoms with E-state index in [0.29, 0.717) is 16.9 Å². The van der Waals surface area contributed by atoms with E-state index in [0.717, 1.165) is 50.4 Å². The molecule has 5 nitrogen and oxygen atoms in total. The third kappa shape index (κ3) is 5.17. The Kier molecular flexibility index (Phi) is 7.83. The van der Waals surface area contributed by atoms with Gasteiger partial charge in [0.25, 0.3) is 0 Å². The molecule has 1 N–H and O–H groups in total. The quantitative estimate of drug-likeness (QED) is 0.182. The SMILES string of the molecule is [C-]#[N+]c1ccc2c(c1)N(c1ccccn1)c1[c-]c(-c3ccc4c(-c5ccc(C(C)(C)C)cc5)ccc(O)c4n3)ccc1C2(C)C.[Pt]. The summed E-state index contributed by atoms with van der Waals surface area (Å²) in [5.74, 6) is 0.883. The number of pyridine rings is 2. The molecule has 6 aromatic rings. The first-order valence-corrected chi connectivity index (χ1v) is 15.1. The van der Waals surface area contributed by atoms with E-state index in [1.165, 1.54) is 5.56 Å². The van der Waals surface area contributed by atoms with Gasteiger partial charge in [0, 0.05) is 38.3 Å². The molecule has 4 aromatic carbocycles. The summed E-state index contributed by atoms with van der Waals surface area (Å²) >= 11 is 0. The molecule has 0 saturated heterocycles. The maximum absolute atomic E-state index is 11.0. The van der Waals surface area contributed by atoms with Crippen LogP contribution >= 0.6 is 0 Å². The maximum atomic E-state index is 11.0. The van der Waals surface area contributed by atoms with Gasteiger partial charge in [-0.05, 0) is 74.8 Å². The summed E-state index contributed by atoms with van der Waals surface area (Å²) < 4.78 is 0. The number of aromatic hydroxyl groups is 1. The van der Waals surface area contributed by atoms with Crippen LogP contribution in [0.4, 0.5) is 22.9 Å². The van der Waals surface area contributed by atoms with E-state index in [1.807, 2.05) is 48.5 Å². The van der Waals surface area contributed by atoms with Gasteiger partial charge in [0.15, 0.2) is 5.69 Å². The molecule has 6 heteroatoms. The van der Waals surface area contributed by atoms with E-state index in [2.05, 4.69) is 92.9 Å². The van der Waals surface area contributed by atoms with Gasteiger partial charge in [-0.15, -0.1) is 23.8 Å². The molecule has 3 heterocycles. The Morgan fingerprint density at radius 3 is 2.33 bits per heavy atom. The van der Waals surface area contributed by atoms with Crippen LogP contribution in [0.15, 0.2) is 103 Å². The van der Waals surface area contributed by atoms with Crippen LogP contribution in [0.5, 0.6) is 5.75 Å². The molecular formula is C40H33N4OPt-. The summed E-state index contributed by atoms with van der Waals surface area (Å²) in [7, 11) is 0. The van der Waals surface area contributed by atoms with Crippen molar-refractivity contribution < 1.29 is 26.2 Å². The van der Waals surface area contributed by atoms with Crippen LogP contribution in [0.3, 0.4) is 0 Å². The van der Waals surface area contributed by atoms with Crippen molar-refractivity contribution in [3.63, 3.8) is 0 Å². The zero-order valence-corrected chi connectivity index (χ0v) is 28.6. The van der Waals surface area contributed by atoms with Crippen molar-refractivity contribution in [2.45, 2.75) is 45.4 Å². The molecular weight excluding hydrogens is 748 g/mol. The molecule has 0 unspecified atom stereocenters. The van der Waals surface area contributed by atoms with Gasteiger partial charge in [0.1, 0.15) is 17.1 Å². The zero-order valence-electron chi connectivity index (χ0n) is 26.4. The monoisotopic (exact) mass is 780 g/mol. The van der Waals surface area contributed by atoms with Gasteiger partial charge in [-0.1, -0.05) is 94.8 Å². The fraction of sp³-hybridized carbons (Fsp3) is 0.175. The predicted molar refractivity (Wildman–Crippen MR) is 183 cm³/mol. The first-order chi connectivity index (χ1) is 21.6. The molecule has 7 rings (SSSR count). The molecule has 46 heavy (non-hydrogen) atoms. The predicted octanol–water partition coefficient (Wildman–Crippen LogP) is 10.4. The first-order valence-electron chi connectivity index (χ1n) is 15.1. The first kappa shape index (κ1) is 31.2. The standard InChI is InChI=1S/C40H33N4O.Pt/c1-39(2,3)27-13-10-25(11-14-27)29-17-21-36(45)38-30(29)16-20-33(43-38)26-12-18-31-34(23-26)44(37-9-7-8-22-42-37)35-24-28(41-6)15-19-32(35)40(31,4)5;/h7-22,24,45H,1-5H3;/q-1;. The second-order valence-corrected chi connectivity index (χ2v) is 13.1. The van der Waals surface area contributed by atoms with Crippen LogP contribution in [0.25, 0.3) is 38.1 Å².